The van der Waals surface area contributed by atoms with Crippen molar-refractivity contribution in [1.29, 1.82) is 0 Å². The van der Waals surface area contributed by atoms with E-state index in [1.165, 1.54) is 0 Å². The summed E-state index contributed by atoms with van der Waals surface area (Å²) < 4.78 is 27.3. The van der Waals surface area contributed by atoms with Gasteiger partial charge in [0.25, 0.3) is 0 Å². The number of esters is 1. The van der Waals surface area contributed by atoms with Gasteiger partial charge in [-0.3, -0.25) is 0 Å². The smallest absolute Gasteiger partial charge is 0.363 e. The van der Waals surface area contributed by atoms with Crippen LogP contribution in [0.3, 0.4) is 0 Å². The molecule has 0 aromatic heterocycles. The van der Waals surface area contributed by atoms with Gasteiger partial charge in [-0.1, -0.05) is 36.4 Å². The quantitative estimate of drug-likeness (QED) is 0.372. The Kier molecular flexibility index (Phi) is 6.59. The Morgan fingerprint density at radius 2 is 1.58 bits per heavy atom. The zero-order valence-corrected chi connectivity index (χ0v) is 18.5. The number of rotatable bonds is 8. The van der Waals surface area contributed by atoms with Crippen molar-refractivity contribution in [3.05, 3.63) is 89.1 Å². The minimum atomic E-state index is -0.547. The van der Waals surface area contributed by atoms with E-state index in [1.54, 1.807) is 57.7 Å². The molecule has 0 spiro atoms. The first-order valence-corrected chi connectivity index (χ1v) is 10.2. The van der Waals surface area contributed by atoms with Crippen LogP contribution in [0, 0.1) is 0 Å². The van der Waals surface area contributed by atoms with Crippen molar-refractivity contribution in [2.45, 2.75) is 6.61 Å². The predicted molar refractivity (Wildman–Crippen MR) is 124 cm³/mol. The first-order chi connectivity index (χ1) is 16.1. The zero-order valence-electron chi connectivity index (χ0n) is 18.5. The van der Waals surface area contributed by atoms with E-state index in [0.29, 0.717) is 35.2 Å². The fourth-order valence-corrected chi connectivity index (χ4v) is 3.25. The minimum Gasteiger partial charge on any atom is -0.497 e. The molecule has 0 radical (unpaired) electrons. The van der Waals surface area contributed by atoms with E-state index in [2.05, 4.69) is 4.99 Å². The lowest BCUT2D eigenvalue weighted by Gasteiger charge is -2.11. The Bertz CT molecular complexity index is 1190. The highest BCUT2D eigenvalue weighted by Gasteiger charge is 2.25. The molecule has 0 amide bonds. The maximum Gasteiger partial charge on any atom is 0.363 e. The van der Waals surface area contributed by atoms with Crippen molar-refractivity contribution < 1.29 is 28.5 Å². The van der Waals surface area contributed by atoms with Crippen molar-refractivity contribution >= 4 is 17.9 Å². The van der Waals surface area contributed by atoms with Crippen LogP contribution in [0.1, 0.15) is 16.7 Å². The molecule has 0 N–H and O–H groups in total. The number of ether oxygens (including phenoxy) is 5. The third-order valence-corrected chi connectivity index (χ3v) is 4.95. The molecular formula is C26H23NO6. The van der Waals surface area contributed by atoms with E-state index in [4.69, 9.17) is 23.7 Å². The molecule has 0 fully saturated rings. The van der Waals surface area contributed by atoms with Crippen LogP contribution in [0.15, 0.2) is 77.4 Å². The molecule has 4 rings (SSSR count). The standard InChI is InChI=1S/C26H23NO6/c1-29-20-13-19(14-21(15-20)30-2)25-27-22(26(28)33-25)11-18-9-10-23(31-3)24(12-18)32-16-17-7-5-4-6-8-17/h4-15H,16H2,1-3H3/b22-11+. The average Bonchev–Trinajstić information content (AvgIpc) is 3.23. The fraction of sp³-hybridized carbons (Fsp3) is 0.154. The number of hydrogen-bond donors (Lipinski definition) is 0. The Morgan fingerprint density at radius 1 is 0.848 bits per heavy atom. The Morgan fingerprint density at radius 3 is 2.24 bits per heavy atom. The van der Waals surface area contributed by atoms with Crippen molar-refractivity contribution in [2.24, 2.45) is 4.99 Å². The summed E-state index contributed by atoms with van der Waals surface area (Å²) in [5.41, 5.74) is 2.50. The highest BCUT2D eigenvalue weighted by atomic mass is 16.6. The summed E-state index contributed by atoms with van der Waals surface area (Å²) in [5, 5.41) is 0. The van der Waals surface area contributed by atoms with Crippen molar-refractivity contribution in [2.75, 3.05) is 21.3 Å². The second-order valence-electron chi connectivity index (χ2n) is 7.12. The maximum atomic E-state index is 12.5. The number of methoxy groups -OCH3 is 3. The molecule has 0 atom stereocenters. The fourth-order valence-electron chi connectivity index (χ4n) is 3.25. The van der Waals surface area contributed by atoms with Crippen LogP contribution in [0.4, 0.5) is 0 Å². The summed E-state index contributed by atoms with van der Waals surface area (Å²) in [7, 11) is 4.68. The summed E-state index contributed by atoms with van der Waals surface area (Å²) >= 11 is 0. The van der Waals surface area contributed by atoms with Crippen LogP contribution in [0.2, 0.25) is 0 Å². The Balaban J connectivity index is 1.60. The Hall–Kier alpha value is -4.26. The number of carbonyl (C=O) groups excluding carboxylic acids is 1. The monoisotopic (exact) mass is 445 g/mol. The predicted octanol–water partition coefficient (Wildman–Crippen LogP) is 4.64. The largest absolute Gasteiger partial charge is 0.497 e. The van der Waals surface area contributed by atoms with E-state index < -0.39 is 5.97 Å². The van der Waals surface area contributed by atoms with Gasteiger partial charge in [0.15, 0.2) is 17.2 Å². The van der Waals surface area contributed by atoms with E-state index >= 15 is 0 Å². The Labute approximate surface area is 191 Å². The lowest BCUT2D eigenvalue weighted by atomic mass is 10.1. The van der Waals surface area contributed by atoms with Crippen molar-refractivity contribution in [3.63, 3.8) is 0 Å². The second kappa shape index (κ2) is 9.91. The molecule has 1 aliphatic heterocycles. The summed E-state index contributed by atoms with van der Waals surface area (Å²) in [5.74, 6) is 1.91. The van der Waals surface area contributed by atoms with Crippen LogP contribution in [0.25, 0.3) is 6.08 Å². The van der Waals surface area contributed by atoms with Gasteiger partial charge in [0.05, 0.1) is 21.3 Å². The first kappa shape index (κ1) is 22.0. The SMILES string of the molecule is COc1cc(OC)cc(C2=N/C(=C/c3ccc(OC)c(OCc4ccccc4)c3)C(=O)O2)c1. The lowest BCUT2D eigenvalue weighted by Crippen LogP contribution is -2.06. The van der Waals surface area contributed by atoms with E-state index in [-0.39, 0.29) is 11.6 Å². The normalized spacial score (nSPS) is 14.0. The topological polar surface area (TPSA) is 75.6 Å². The highest BCUT2D eigenvalue weighted by molar-refractivity contribution is 6.13. The third-order valence-electron chi connectivity index (χ3n) is 4.95. The molecule has 0 unspecified atom stereocenters. The molecule has 7 nitrogen and oxygen atoms in total. The maximum absolute atomic E-state index is 12.5. The van der Waals surface area contributed by atoms with Gasteiger partial charge >= 0.3 is 5.97 Å². The molecule has 3 aromatic carbocycles. The van der Waals surface area contributed by atoms with Crippen LogP contribution >= 0.6 is 0 Å². The van der Waals surface area contributed by atoms with Crippen molar-refractivity contribution in [3.8, 4) is 23.0 Å². The lowest BCUT2D eigenvalue weighted by molar-refractivity contribution is -0.129. The first-order valence-electron chi connectivity index (χ1n) is 10.2. The summed E-state index contributed by atoms with van der Waals surface area (Å²) in [6, 6.07) is 20.4. The molecule has 7 heteroatoms. The summed E-state index contributed by atoms with van der Waals surface area (Å²) in [4.78, 5) is 16.8. The molecule has 0 saturated carbocycles. The summed E-state index contributed by atoms with van der Waals surface area (Å²) in [6.07, 6.45) is 1.64. The van der Waals surface area contributed by atoms with Gasteiger partial charge < -0.3 is 23.7 Å². The molecule has 33 heavy (non-hydrogen) atoms. The highest BCUT2D eigenvalue weighted by Crippen LogP contribution is 2.31. The summed E-state index contributed by atoms with van der Waals surface area (Å²) in [6.45, 7) is 0.388. The van der Waals surface area contributed by atoms with Gasteiger partial charge in [0.2, 0.25) is 5.90 Å². The van der Waals surface area contributed by atoms with Crippen LogP contribution in [-0.2, 0) is 16.1 Å². The van der Waals surface area contributed by atoms with Crippen molar-refractivity contribution in [1.82, 2.24) is 0 Å². The molecule has 3 aromatic rings. The third kappa shape index (κ3) is 5.15. The number of aliphatic imine (C=N–C) groups is 1. The van der Waals surface area contributed by atoms with Gasteiger partial charge in [0.1, 0.15) is 18.1 Å². The van der Waals surface area contributed by atoms with Crippen LogP contribution in [-0.4, -0.2) is 33.2 Å². The molecule has 0 aliphatic carbocycles. The van der Waals surface area contributed by atoms with E-state index in [1.807, 2.05) is 36.4 Å². The number of cyclic esters (lactones) is 1. The van der Waals surface area contributed by atoms with Crippen LogP contribution < -0.4 is 18.9 Å². The molecule has 168 valence electrons. The number of hydrogen-bond acceptors (Lipinski definition) is 7. The van der Waals surface area contributed by atoms with Gasteiger partial charge in [0, 0.05) is 11.6 Å². The molecule has 0 saturated heterocycles. The average molecular weight is 445 g/mol. The molecule has 0 bridgehead atoms. The van der Waals surface area contributed by atoms with Gasteiger partial charge in [-0.05, 0) is 41.5 Å². The number of benzene rings is 3. The number of nitrogens with zero attached hydrogens (tertiary/aromatic N) is 1. The van der Waals surface area contributed by atoms with Gasteiger partial charge in [-0.25, -0.2) is 9.79 Å². The molecule has 1 aliphatic rings. The number of carbonyl (C=O) groups is 1. The zero-order chi connectivity index (χ0) is 23.2. The van der Waals surface area contributed by atoms with E-state index in [0.717, 1.165) is 11.1 Å². The minimum absolute atomic E-state index is 0.172. The van der Waals surface area contributed by atoms with Gasteiger partial charge in [-0.2, -0.15) is 0 Å². The molecular weight excluding hydrogens is 422 g/mol. The second-order valence-corrected chi connectivity index (χ2v) is 7.12. The van der Waals surface area contributed by atoms with E-state index in [9.17, 15) is 4.79 Å². The van der Waals surface area contributed by atoms with Gasteiger partial charge in [-0.15, -0.1) is 0 Å². The van der Waals surface area contributed by atoms with Crippen LogP contribution in [0.5, 0.6) is 23.0 Å². The molecule has 1 heterocycles.